The zero-order valence-electron chi connectivity index (χ0n) is 6.34. The Bertz CT molecular complexity index is 374. The second-order valence-corrected chi connectivity index (χ2v) is 2.44. The highest BCUT2D eigenvalue weighted by Gasteiger charge is 1.98. The average molecular weight is 161 g/mol. The minimum Gasteiger partial charge on any atom is -0.304 e. The van der Waals surface area contributed by atoms with Gasteiger partial charge in [-0.05, 0) is 0 Å². The van der Waals surface area contributed by atoms with Gasteiger partial charge in [0, 0.05) is 25.0 Å². The lowest BCUT2D eigenvalue weighted by atomic mass is 10.4. The lowest BCUT2D eigenvalue weighted by Gasteiger charge is -1.86. The van der Waals surface area contributed by atoms with Gasteiger partial charge in [0.25, 0.3) is 0 Å². The molecule has 2 aromatic heterocycles. The Morgan fingerprint density at radius 1 is 1.58 bits per heavy atom. The fraction of sp³-hybridized carbons (Fsp3) is 0.125. The molecule has 0 saturated carbocycles. The highest BCUT2D eigenvalue weighted by molar-refractivity contribution is 5.54. The van der Waals surface area contributed by atoms with Gasteiger partial charge in [-0.3, -0.25) is 4.98 Å². The number of hydrogen-bond acceptors (Lipinski definition) is 3. The van der Waals surface area contributed by atoms with Crippen LogP contribution < -0.4 is 0 Å². The molecule has 0 aliphatic heterocycles. The van der Waals surface area contributed by atoms with Crippen molar-refractivity contribution in [2.24, 2.45) is 0 Å². The molecule has 0 amide bonds. The molecule has 0 unspecified atom stereocenters. The molecule has 2 rings (SSSR count). The Morgan fingerprint density at radius 3 is 3.25 bits per heavy atom. The summed E-state index contributed by atoms with van der Waals surface area (Å²) in [5.41, 5.74) is 1.55. The SMILES string of the molecule is O=CCc1cn2ccncc2n1. The van der Waals surface area contributed by atoms with Gasteiger partial charge in [-0.2, -0.15) is 0 Å². The first-order valence-corrected chi connectivity index (χ1v) is 3.61. The Balaban J connectivity index is 2.54. The summed E-state index contributed by atoms with van der Waals surface area (Å²) in [6, 6.07) is 0. The van der Waals surface area contributed by atoms with Crippen LogP contribution in [-0.2, 0) is 11.2 Å². The molecule has 0 saturated heterocycles. The molecular weight excluding hydrogens is 154 g/mol. The van der Waals surface area contributed by atoms with Crippen molar-refractivity contribution in [1.29, 1.82) is 0 Å². The molecule has 0 radical (unpaired) electrons. The van der Waals surface area contributed by atoms with Gasteiger partial charge in [-0.15, -0.1) is 0 Å². The van der Waals surface area contributed by atoms with Crippen molar-refractivity contribution in [1.82, 2.24) is 14.4 Å². The van der Waals surface area contributed by atoms with Crippen LogP contribution in [0.25, 0.3) is 5.65 Å². The van der Waals surface area contributed by atoms with Gasteiger partial charge in [-0.1, -0.05) is 0 Å². The van der Waals surface area contributed by atoms with Crippen LogP contribution in [0.15, 0.2) is 24.8 Å². The summed E-state index contributed by atoms with van der Waals surface area (Å²) in [5.74, 6) is 0. The van der Waals surface area contributed by atoms with Crippen LogP contribution in [0, 0.1) is 0 Å². The predicted molar refractivity (Wildman–Crippen MR) is 42.8 cm³/mol. The lowest BCUT2D eigenvalue weighted by Crippen LogP contribution is -1.83. The molecule has 0 aliphatic carbocycles. The van der Waals surface area contributed by atoms with E-state index in [-0.39, 0.29) is 0 Å². The molecule has 2 heterocycles. The van der Waals surface area contributed by atoms with Crippen molar-refractivity contribution >= 4 is 11.9 Å². The highest BCUT2D eigenvalue weighted by atomic mass is 16.1. The first kappa shape index (κ1) is 6.97. The first-order chi connectivity index (χ1) is 5.90. The van der Waals surface area contributed by atoms with Gasteiger partial charge >= 0.3 is 0 Å². The summed E-state index contributed by atoms with van der Waals surface area (Å²) in [4.78, 5) is 18.3. The normalized spacial score (nSPS) is 10.3. The van der Waals surface area contributed by atoms with E-state index < -0.39 is 0 Å². The minimum atomic E-state index is 0.363. The molecule has 0 fully saturated rings. The molecule has 4 nitrogen and oxygen atoms in total. The maximum Gasteiger partial charge on any atom is 0.155 e. The van der Waals surface area contributed by atoms with E-state index in [0.29, 0.717) is 6.42 Å². The van der Waals surface area contributed by atoms with Crippen molar-refractivity contribution in [2.45, 2.75) is 6.42 Å². The van der Waals surface area contributed by atoms with Gasteiger partial charge < -0.3 is 9.20 Å². The Labute approximate surface area is 68.9 Å². The fourth-order valence-corrected chi connectivity index (χ4v) is 1.08. The number of fused-ring (bicyclic) bond motifs is 1. The van der Waals surface area contributed by atoms with E-state index in [1.165, 1.54) is 0 Å². The Kier molecular flexibility index (Phi) is 1.59. The van der Waals surface area contributed by atoms with Crippen molar-refractivity contribution in [2.75, 3.05) is 0 Å². The van der Waals surface area contributed by atoms with Gasteiger partial charge in [-0.25, -0.2) is 4.98 Å². The third-order valence-electron chi connectivity index (χ3n) is 1.61. The molecule has 0 N–H and O–H groups in total. The summed E-state index contributed by atoms with van der Waals surface area (Å²) in [6.45, 7) is 0. The molecule has 12 heavy (non-hydrogen) atoms. The molecule has 0 atom stereocenters. The molecule has 2 aromatic rings. The number of rotatable bonds is 2. The Hall–Kier alpha value is -1.71. The van der Waals surface area contributed by atoms with Crippen LogP contribution in [-0.4, -0.2) is 20.7 Å². The zero-order valence-corrected chi connectivity index (χ0v) is 6.34. The molecule has 0 aromatic carbocycles. The third-order valence-corrected chi connectivity index (χ3v) is 1.61. The topological polar surface area (TPSA) is 47.3 Å². The van der Waals surface area contributed by atoms with Crippen LogP contribution in [0.4, 0.5) is 0 Å². The van der Waals surface area contributed by atoms with E-state index in [9.17, 15) is 4.79 Å². The molecule has 0 bridgehead atoms. The van der Waals surface area contributed by atoms with Crippen LogP contribution in [0.3, 0.4) is 0 Å². The summed E-state index contributed by atoms with van der Waals surface area (Å²) >= 11 is 0. The second-order valence-electron chi connectivity index (χ2n) is 2.44. The molecular formula is C8H7N3O. The van der Waals surface area contributed by atoms with Crippen molar-refractivity contribution < 1.29 is 4.79 Å². The third kappa shape index (κ3) is 1.07. The fourth-order valence-electron chi connectivity index (χ4n) is 1.08. The van der Waals surface area contributed by atoms with Crippen molar-refractivity contribution in [3.63, 3.8) is 0 Å². The summed E-state index contributed by atoms with van der Waals surface area (Å²) in [5, 5.41) is 0. The van der Waals surface area contributed by atoms with Gasteiger partial charge in [0.2, 0.25) is 0 Å². The van der Waals surface area contributed by atoms with Crippen LogP contribution in [0.5, 0.6) is 0 Å². The maximum atomic E-state index is 10.2. The average Bonchev–Trinajstić information content (AvgIpc) is 2.47. The minimum absolute atomic E-state index is 0.363. The number of hydrogen-bond donors (Lipinski definition) is 0. The maximum absolute atomic E-state index is 10.2. The Morgan fingerprint density at radius 2 is 2.50 bits per heavy atom. The predicted octanol–water partition coefficient (Wildman–Crippen LogP) is 0.471. The largest absolute Gasteiger partial charge is 0.304 e. The van der Waals surface area contributed by atoms with Gasteiger partial charge in [0.05, 0.1) is 11.9 Å². The van der Waals surface area contributed by atoms with E-state index in [2.05, 4.69) is 9.97 Å². The molecule has 60 valence electrons. The van der Waals surface area contributed by atoms with Crippen molar-refractivity contribution in [3.8, 4) is 0 Å². The smallest absolute Gasteiger partial charge is 0.155 e. The summed E-state index contributed by atoms with van der Waals surface area (Å²) < 4.78 is 1.84. The quantitative estimate of drug-likeness (QED) is 0.601. The van der Waals surface area contributed by atoms with E-state index in [4.69, 9.17) is 0 Å². The van der Waals surface area contributed by atoms with Gasteiger partial charge in [0.1, 0.15) is 6.29 Å². The number of aromatic nitrogens is 3. The van der Waals surface area contributed by atoms with Crippen LogP contribution in [0.1, 0.15) is 5.69 Å². The number of carbonyl (C=O) groups is 1. The lowest BCUT2D eigenvalue weighted by molar-refractivity contribution is -0.107. The highest BCUT2D eigenvalue weighted by Crippen LogP contribution is 2.01. The molecule has 0 aliphatic rings. The number of carbonyl (C=O) groups excluding carboxylic acids is 1. The molecule has 4 heteroatoms. The summed E-state index contributed by atoms with van der Waals surface area (Å²) in [7, 11) is 0. The number of imidazole rings is 1. The monoisotopic (exact) mass is 161 g/mol. The zero-order chi connectivity index (χ0) is 8.39. The first-order valence-electron chi connectivity index (χ1n) is 3.61. The molecule has 0 spiro atoms. The van der Waals surface area contributed by atoms with E-state index in [1.807, 2.05) is 10.6 Å². The van der Waals surface area contributed by atoms with E-state index >= 15 is 0 Å². The second kappa shape index (κ2) is 2.73. The van der Waals surface area contributed by atoms with Crippen molar-refractivity contribution in [3.05, 3.63) is 30.5 Å². The van der Waals surface area contributed by atoms with E-state index in [1.54, 1.807) is 18.6 Å². The summed E-state index contributed by atoms with van der Waals surface area (Å²) in [6.07, 6.45) is 8.17. The van der Waals surface area contributed by atoms with Crippen LogP contribution in [0.2, 0.25) is 0 Å². The standard InChI is InChI=1S/C8H7N3O/c12-4-1-7-6-11-3-2-9-5-8(11)10-7/h2-6H,1H2. The number of aldehydes is 1. The number of nitrogens with zero attached hydrogens (tertiary/aromatic N) is 3. The van der Waals surface area contributed by atoms with E-state index in [0.717, 1.165) is 17.6 Å². The van der Waals surface area contributed by atoms with Gasteiger partial charge in [0.15, 0.2) is 5.65 Å². The van der Waals surface area contributed by atoms with Crippen LogP contribution >= 0.6 is 0 Å².